The van der Waals surface area contributed by atoms with Crippen LogP contribution in [0.2, 0.25) is 0 Å². The summed E-state index contributed by atoms with van der Waals surface area (Å²) >= 11 is 0. The van der Waals surface area contributed by atoms with Crippen molar-refractivity contribution >= 4 is 17.5 Å². The molecule has 1 N–H and O–H groups in total. The Kier molecular flexibility index (Phi) is 3.02. The Morgan fingerprint density at radius 3 is 2.80 bits per heavy atom. The van der Waals surface area contributed by atoms with Crippen molar-refractivity contribution in [1.29, 1.82) is 0 Å². The minimum absolute atomic E-state index is 0.582. The zero-order chi connectivity index (χ0) is 14.1. The second-order valence-electron chi connectivity index (χ2n) is 4.34. The van der Waals surface area contributed by atoms with E-state index in [0.717, 1.165) is 17.7 Å². The average Bonchev–Trinajstić information content (AvgIpc) is 3.09. The maximum Gasteiger partial charge on any atom is 0.182 e. The van der Waals surface area contributed by atoms with Crippen LogP contribution in [0.3, 0.4) is 0 Å². The van der Waals surface area contributed by atoms with E-state index in [2.05, 4.69) is 25.0 Å². The molecule has 3 rings (SSSR count). The maximum atomic E-state index is 11.3. The molecule has 0 amide bonds. The normalized spacial score (nSPS) is 11.1. The molecule has 7 nitrogen and oxygen atoms in total. The van der Waals surface area contributed by atoms with Crippen LogP contribution in [0, 0.1) is 0 Å². The first kappa shape index (κ1) is 12.5. The van der Waals surface area contributed by atoms with Crippen molar-refractivity contribution in [3.63, 3.8) is 0 Å². The van der Waals surface area contributed by atoms with Gasteiger partial charge in [0.25, 0.3) is 0 Å². The number of aromatic nitrogens is 6. The fourth-order valence-corrected chi connectivity index (χ4v) is 2.34. The highest BCUT2D eigenvalue weighted by atomic mass is 16.1. The van der Waals surface area contributed by atoms with Crippen molar-refractivity contribution in [2.24, 2.45) is 0 Å². The van der Waals surface area contributed by atoms with Gasteiger partial charge in [0.1, 0.15) is 11.8 Å². The van der Waals surface area contributed by atoms with Gasteiger partial charge in [-0.1, -0.05) is 13.8 Å². The van der Waals surface area contributed by atoms with Crippen LogP contribution in [0.4, 0.5) is 0 Å². The first-order chi connectivity index (χ1) is 9.80. The fourth-order valence-electron chi connectivity index (χ4n) is 2.34. The Balaban J connectivity index is 2.31. The Hall–Kier alpha value is -2.57. The van der Waals surface area contributed by atoms with E-state index in [-0.39, 0.29) is 0 Å². The second-order valence-corrected chi connectivity index (χ2v) is 4.34. The number of hydrogen-bond donors (Lipinski definition) is 1. The number of H-pyrrole nitrogens is 1. The summed E-state index contributed by atoms with van der Waals surface area (Å²) in [6, 6.07) is 0. The van der Waals surface area contributed by atoms with Gasteiger partial charge in [0.2, 0.25) is 0 Å². The van der Waals surface area contributed by atoms with Crippen LogP contribution in [-0.4, -0.2) is 36.0 Å². The third-order valence-electron chi connectivity index (χ3n) is 3.29. The number of rotatable bonds is 4. The largest absolute Gasteiger partial charge is 0.340 e. The lowest BCUT2D eigenvalue weighted by Gasteiger charge is -2.05. The SMILES string of the molecule is CCc1nn(-c2ncnc3nc[nH]c23)c(CC)c1C=O. The van der Waals surface area contributed by atoms with Gasteiger partial charge in [0, 0.05) is 0 Å². The van der Waals surface area contributed by atoms with Gasteiger partial charge in [0.15, 0.2) is 17.8 Å². The van der Waals surface area contributed by atoms with E-state index in [1.54, 1.807) is 11.0 Å². The number of carbonyl (C=O) groups is 1. The van der Waals surface area contributed by atoms with Gasteiger partial charge in [0.05, 0.1) is 23.3 Å². The second kappa shape index (κ2) is 4.84. The van der Waals surface area contributed by atoms with Crippen LogP contribution in [0.5, 0.6) is 0 Å². The summed E-state index contributed by atoms with van der Waals surface area (Å²) in [6.45, 7) is 3.97. The molecule has 0 radical (unpaired) electrons. The fraction of sp³-hybridized carbons (Fsp3) is 0.308. The Morgan fingerprint density at radius 2 is 2.10 bits per heavy atom. The molecule has 0 saturated carbocycles. The Bertz CT molecular complexity index is 772. The maximum absolute atomic E-state index is 11.3. The molecular weight excluding hydrogens is 256 g/mol. The van der Waals surface area contributed by atoms with E-state index in [0.29, 0.717) is 35.4 Å². The summed E-state index contributed by atoms with van der Waals surface area (Å²) in [5.74, 6) is 0.618. The topological polar surface area (TPSA) is 89.3 Å². The molecule has 7 heteroatoms. The van der Waals surface area contributed by atoms with E-state index in [1.165, 1.54) is 6.33 Å². The number of aldehydes is 1. The van der Waals surface area contributed by atoms with E-state index >= 15 is 0 Å². The van der Waals surface area contributed by atoms with Gasteiger partial charge < -0.3 is 4.98 Å². The van der Waals surface area contributed by atoms with Gasteiger partial charge in [-0.25, -0.2) is 19.6 Å². The highest BCUT2D eigenvalue weighted by molar-refractivity contribution is 5.81. The summed E-state index contributed by atoms with van der Waals surface area (Å²) in [4.78, 5) is 26.8. The minimum atomic E-state index is 0.582. The molecule has 102 valence electrons. The van der Waals surface area contributed by atoms with E-state index < -0.39 is 0 Å². The van der Waals surface area contributed by atoms with Crippen LogP contribution in [-0.2, 0) is 12.8 Å². The predicted molar refractivity (Wildman–Crippen MR) is 72.9 cm³/mol. The summed E-state index contributed by atoms with van der Waals surface area (Å²) < 4.78 is 1.71. The number of hydrogen-bond acceptors (Lipinski definition) is 5. The van der Waals surface area contributed by atoms with Gasteiger partial charge in [-0.2, -0.15) is 5.10 Å². The van der Waals surface area contributed by atoms with Crippen molar-refractivity contribution in [1.82, 2.24) is 29.7 Å². The van der Waals surface area contributed by atoms with Crippen LogP contribution in [0.25, 0.3) is 17.0 Å². The van der Waals surface area contributed by atoms with Gasteiger partial charge in [-0.15, -0.1) is 0 Å². The molecule has 20 heavy (non-hydrogen) atoms. The van der Waals surface area contributed by atoms with E-state index in [9.17, 15) is 4.79 Å². The van der Waals surface area contributed by atoms with E-state index in [4.69, 9.17) is 0 Å². The summed E-state index contributed by atoms with van der Waals surface area (Å²) in [5, 5.41) is 4.52. The number of aromatic amines is 1. The zero-order valence-corrected chi connectivity index (χ0v) is 11.3. The number of imidazole rings is 1. The molecule has 3 aromatic heterocycles. The monoisotopic (exact) mass is 270 g/mol. The number of carbonyl (C=O) groups excluding carboxylic acids is 1. The molecule has 0 unspecified atom stereocenters. The minimum Gasteiger partial charge on any atom is -0.340 e. The molecule has 0 fully saturated rings. The lowest BCUT2D eigenvalue weighted by atomic mass is 10.1. The molecule has 0 spiro atoms. The predicted octanol–water partition coefficient (Wildman–Crippen LogP) is 1.48. The molecule has 3 aromatic rings. The third-order valence-corrected chi connectivity index (χ3v) is 3.29. The molecule has 0 atom stereocenters. The molecule has 0 aromatic carbocycles. The number of nitrogens with zero attached hydrogens (tertiary/aromatic N) is 5. The van der Waals surface area contributed by atoms with Crippen molar-refractivity contribution in [2.45, 2.75) is 26.7 Å². The first-order valence-electron chi connectivity index (χ1n) is 6.50. The Labute approximate surface area is 115 Å². The van der Waals surface area contributed by atoms with Crippen LogP contribution >= 0.6 is 0 Å². The third kappa shape index (κ3) is 1.70. The average molecular weight is 270 g/mol. The standard InChI is InChI=1S/C13H14N6O/c1-3-9-8(5-20)10(4-2)19(18-9)13-11-12(15-6-14-11)16-7-17-13/h5-7H,3-4H2,1-2H3,(H,14,15,16,17). The summed E-state index contributed by atoms with van der Waals surface area (Å²) in [7, 11) is 0. The molecular formula is C13H14N6O. The molecule has 0 bridgehead atoms. The van der Waals surface area contributed by atoms with Gasteiger partial charge in [-0.05, 0) is 12.8 Å². The lowest BCUT2D eigenvalue weighted by molar-refractivity contribution is 0.112. The van der Waals surface area contributed by atoms with Crippen molar-refractivity contribution in [3.8, 4) is 5.82 Å². The van der Waals surface area contributed by atoms with Gasteiger partial charge in [-0.3, -0.25) is 4.79 Å². The summed E-state index contributed by atoms with van der Waals surface area (Å²) in [5.41, 5.74) is 3.58. The van der Waals surface area contributed by atoms with Crippen LogP contribution in [0.15, 0.2) is 12.7 Å². The van der Waals surface area contributed by atoms with Crippen molar-refractivity contribution < 1.29 is 4.79 Å². The molecule has 0 aliphatic heterocycles. The highest BCUT2D eigenvalue weighted by Crippen LogP contribution is 2.21. The van der Waals surface area contributed by atoms with Crippen LogP contribution < -0.4 is 0 Å². The van der Waals surface area contributed by atoms with Gasteiger partial charge >= 0.3 is 0 Å². The number of nitrogens with one attached hydrogen (secondary N) is 1. The quantitative estimate of drug-likeness (QED) is 0.725. The highest BCUT2D eigenvalue weighted by Gasteiger charge is 2.19. The van der Waals surface area contributed by atoms with Crippen molar-refractivity contribution in [2.75, 3.05) is 0 Å². The van der Waals surface area contributed by atoms with Crippen molar-refractivity contribution in [3.05, 3.63) is 29.6 Å². The number of aryl methyl sites for hydroxylation is 1. The number of fused-ring (bicyclic) bond motifs is 1. The van der Waals surface area contributed by atoms with Crippen LogP contribution in [0.1, 0.15) is 35.6 Å². The molecule has 0 aliphatic carbocycles. The summed E-state index contributed by atoms with van der Waals surface area (Å²) in [6.07, 6.45) is 5.28. The molecule has 0 saturated heterocycles. The molecule has 0 aliphatic rings. The first-order valence-corrected chi connectivity index (χ1v) is 6.50. The van der Waals surface area contributed by atoms with E-state index in [1.807, 2.05) is 13.8 Å². The smallest absolute Gasteiger partial charge is 0.182 e. The Morgan fingerprint density at radius 1 is 1.25 bits per heavy atom. The molecule has 3 heterocycles. The zero-order valence-electron chi connectivity index (χ0n) is 11.3. The lowest BCUT2D eigenvalue weighted by Crippen LogP contribution is -2.06.